The fourth-order valence-electron chi connectivity index (χ4n) is 4.66. The maximum Gasteiger partial charge on any atom is 0.270 e. The van der Waals surface area contributed by atoms with E-state index in [1.807, 2.05) is 81.4 Å². The van der Waals surface area contributed by atoms with Crippen LogP contribution in [0.5, 0.6) is 5.75 Å². The molecule has 0 aliphatic carbocycles. The monoisotopic (exact) mass is 458 g/mol. The van der Waals surface area contributed by atoms with Crippen LogP contribution in [0.3, 0.4) is 0 Å². The van der Waals surface area contributed by atoms with Gasteiger partial charge in [-0.05, 0) is 11.3 Å². The highest BCUT2D eigenvalue weighted by atomic mass is 16.6. The molecule has 1 N–H and O–H groups in total. The average Bonchev–Trinajstić information content (AvgIpc) is 3.21. The van der Waals surface area contributed by atoms with Gasteiger partial charge in [0.05, 0.1) is 10.5 Å². The van der Waals surface area contributed by atoms with Gasteiger partial charge in [0.2, 0.25) is 5.90 Å². The Kier molecular flexibility index (Phi) is 5.94. The number of aromatic hydroxyl groups is 1. The second kappa shape index (κ2) is 8.60. The van der Waals surface area contributed by atoms with Crippen LogP contribution >= 0.6 is 0 Å². The number of hydrogen-bond acceptors (Lipinski definition) is 5. The molecule has 0 bridgehead atoms. The number of nitro groups is 1. The lowest BCUT2D eigenvalue weighted by molar-refractivity contribution is -0.385. The molecule has 6 heteroatoms. The Hall–Kier alpha value is -3.67. The minimum Gasteiger partial charge on any atom is -0.507 e. The largest absolute Gasteiger partial charge is 0.507 e. The van der Waals surface area contributed by atoms with Crippen LogP contribution in [0, 0.1) is 16.0 Å². The summed E-state index contributed by atoms with van der Waals surface area (Å²) >= 11 is 0. The molecular formula is C28H30N2O4. The highest BCUT2D eigenvalue weighted by molar-refractivity contribution is 6.00. The van der Waals surface area contributed by atoms with E-state index in [4.69, 9.17) is 9.73 Å². The van der Waals surface area contributed by atoms with Crippen LogP contribution in [0.2, 0.25) is 0 Å². The molecule has 1 aliphatic rings. The van der Waals surface area contributed by atoms with Crippen molar-refractivity contribution in [3.8, 4) is 5.75 Å². The number of nitro benzene ring substituents is 1. The lowest BCUT2D eigenvalue weighted by Gasteiger charge is -2.36. The van der Waals surface area contributed by atoms with Gasteiger partial charge in [-0.3, -0.25) is 10.1 Å². The van der Waals surface area contributed by atoms with E-state index in [9.17, 15) is 15.2 Å². The van der Waals surface area contributed by atoms with Gasteiger partial charge in [-0.1, -0.05) is 95.3 Å². The maximum atomic E-state index is 11.7. The number of hydrogen-bond donors (Lipinski definition) is 1. The van der Waals surface area contributed by atoms with Gasteiger partial charge in [-0.15, -0.1) is 0 Å². The lowest BCUT2D eigenvalue weighted by atomic mass is 9.76. The molecule has 4 rings (SSSR count). The third-order valence-electron chi connectivity index (χ3n) is 6.31. The fourth-order valence-corrected chi connectivity index (χ4v) is 4.66. The van der Waals surface area contributed by atoms with Gasteiger partial charge in [0.15, 0.2) is 5.60 Å². The first-order valence-electron chi connectivity index (χ1n) is 11.5. The van der Waals surface area contributed by atoms with Crippen molar-refractivity contribution < 1.29 is 14.8 Å². The summed E-state index contributed by atoms with van der Waals surface area (Å²) < 4.78 is 6.73. The Morgan fingerprint density at radius 2 is 1.53 bits per heavy atom. The van der Waals surface area contributed by atoms with Crippen LogP contribution in [-0.2, 0) is 15.8 Å². The molecule has 0 unspecified atom stereocenters. The number of benzene rings is 3. The summed E-state index contributed by atoms with van der Waals surface area (Å²) in [5, 5.41) is 23.0. The van der Waals surface area contributed by atoms with Crippen LogP contribution in [0.15, 0.2) is 77.8 Å². The second-order valence-corrected chi connectivity index (χ2v) is 10.1. The van der Waals surface area contributed by atoms with Crippen molar-refractivity contribution in [2.75, 3.05) is 0 Å². The first kappa shape index (κ1) is 23.5. The Balaban J connectivity index is 1.97. The van der Waals surface area contributed by atoms with Crippen molar-refractivity contribution in [2.45, 2.75) is 51.7 Å². The van der Waals surface area contributed by atoms with Crippen molar-refractivity contribution in [2.24, 2.45) is 10.9 Å². The number of aliphatic imine (C=N–C) groups is 1. The van der Waals surface area contributed by atoms with Gasteiger partial charge in [-0.2, -0.15) is 0 Å². The van der Waals surface area contributed by atoms with E-state index in [2.05, 4.69) is 13.8 Å². The van der Waals surface area contributed by atoms with Crippen molar-refractivity contribution in [3.63, 3.8) is 0 Å². The van der Waals surface area contributed by atoms with E-state index in [1.165, 1.54) is 12.1 Å². The average molecular weight is 459 g/mol. The smallest absolute Gasteiger partial charge is 0.270 e. The van der Waals surface area contributed by atoms with Gasteiger partial charge in [-0.25, -0.2) is 4.99 Å². The molecule has 3 aromatic carbocycles. The van der Waals surface area contributed by atoms with E-state index in [0.29, 0.717) is 5.56 Å². The van der Waals surface area contributed by atoms with E-state index in [1.54, 1.807) is 0 Å². The number of phenols is 1. The summed E-state index contributed by atoms with van der Waals surface area (Å²) in [5.41, 5.74) is 1.00. The highest BCUT2D eigenvalue weighted by Crippen LogP contribution is 2.48. The minimum absolute atomic E-state index is 0.0451. The first-order valence-corrected chi connectivity index (χ1v) is 11.5. The number of rotatable bonds is 5. The summed E-state index contributed by atoms with van der Waals surface area (Å²) in [5.74, 6) is 0.246. The number of ether oxygens (including phenoxy) is 1. The Morgan fingerprint density at radius 1 is 1.00 bits per heavy atom. The van der Waals surface area contributed by atoms with Crippen molar-refractivity contribution in [3.05, 3.63) is 105 Å². The molecule has 1 aliphatic heterocycles. The molecule has 3 aromatic rings. The Bertz CT molecular complexity index is 1190. The lowest BCUT2D eigenvalue weighted by Crippen LogP contribution is -2.41. The third kappa shape index (κ3) is 3.94. The Labute approximate surface area is 200 Å². The van der Waals surface area contributed by atoms with Gasteiger partial charge >= 0.3 is 0 Å². The van der Waals surface area contributed by atoms with Gasteiger partial charge in [0.1, 0.15) is 11.8 Å². The van der Waals surface area contributed by atoms with Crippen LogP contribution in [-0.4, -0.2) is 22.0 Å². The summed E-state index contributed by atoms with van der Waals surface area (Å²) in [6.07, 6.45) is 0. The molecule has 1 atom stereocenters. The number of non-ortho nitro benzene ring substituents is 1. The topological polar surface area (TPSA) is 85.0 Å². The molecule has 0 spiro atoms. The van der Waals surface area contributed by atoms with E-state index >= 15 is 0 Å². The molecule has 0 aromatic heterocycles. The molecule has 6 nitrogen and oxygen atoms in total. The molecule has 0 amide bonds. The zero-order valence-corrected chi connectivity index (χ0v) is 20.1. The van der Waals surface area contributed by atoms with Crippen molar-refractivity contribution in [1.82, 2.24) is 0 Å². The number of nitrogens with zero attached hydrogens (tertiary/aromatic N) is 2. The van der Waals surface area contributed by atoms with Crippen LogP contribution in [0.1, 0.15) is 56.9 Å². The van der Waals surface area contributed by atoms with Gasteiger partial charge < -0.3 is 9.84 Å². The summed E-state index contributed by atoms with van der Waals surface area (Å²) in [7, 11) is 0. The van der Waals surface area contributed by atoms with Gasteiger partial charge in [0.25, 0.3) is 5.69 Å². The minimum atomic E-state index is -0.940. The normalized spacial score (nSPS) is 17.4. The first-order chi connectivity index (χ1) is 16.1. The zero-order valence-electron chi connectivity index (χ0n) is 20.1. The molecule has 0 saturated carbocycles. The molecule has 34 heavy (non-hydrogen) atoms. The molecule has 0 saturated heterocycles. The molecular weight excluding hydrogens is 428 g/mol. The van der Waals surface area contributed by atoms with E-state index in [0.717, 1.165) is 11.1 Å². The van der Waals surface area contributed by atoms with Crippen molar-refractivity contribution >= 4 is 11.6 Å². The molecule has 176 valence electrons. The van der Waals surface area contributed by atoms with E-state index in [-0.39, 0.29) is 34.9 Å². The SMILES string of the molecule is CC(C)[C@@H]1N=C(c2cc([N+](=O)[O-])cc(C(C)(C)C)c2O)OC1(c1ccccc1)c1ccccc1. The maximum absolute atomic E-state index is 11.7. The standard InChI is InChI=1S/C28H30N2O4/c1-18(2)25-28(19-12-8-6-9-13-19,20-14-10-7-11-15-20)34-26(29-25)22-16-21(30(32)33)17-23(24(22)31)27(3,4)5/h6-18,25,31H,1-5H3/t25-/m0/s1. The van der Waals surface area contributed by atoms with E-state index < -0.39 is 15.9 Å². The van der Waals surface area contributed by atoms with Crippen LogP contribution in [0.4, 0.5) is 5.69 Å². The van der Waals surface area contributed by atoms with Gasteiger partial charge in [0, 0.05) is 28.8 Å². The predicted octanol–water partition coefficient (Wildman–Crippen LogP) is 6.34. The predicted molar refractivity (Wildman–Crippen MR) is 133 cm³/mol. The Morgan fingerprint density at radius 3 is 1.97 bits per heavy atom. The summed E-state index contributed by atoms with van der Waals surface area (Å²) in [6.45, 7) is 9.87. The molecule has 0 fully saturated rings. The third-order valence-corrected chi connectivity index (χ3v) is 6.31. The molecule has 1 heterocycles. The second-order valence-electron chi connectivity index (χ2n) is 10.1. The number of phenolic OH excluding ortho intramolecular Hbond substituents is 1. The van der Waals surface area contributed by atoms with Crippen molar-refractivity contribution in [1.29, 1.82) is 0 Å². The summed E-state index contributed by atoms with van der Waals surface area (Å²) in [6, 6.07) is 22.2. The zero-order chi connectivity index (χ0) is 24.7. The van der Waals surface area contributed by atoms with Crippen LogP contribution in [0.25, 0.3) is 0 Å². The quantitative estimate of drug-likeness (QED) is 0.357. The fraction of sp³-hybridized carbons (Fsp3) is 0.321. The van der Waals surface area contributed by atoms with Crippen LogP contribution < -0.4 is 0 Å². The highest BCUT2D eigenvalue weighted by Gasteiger charge is 2.51. The molecule has 0 radical (unpaired) electrons. The summed E-state index contributed by atoms with van der Waals surface area (Å²) in [4.78, 5) is 16.3.